The lowest BCUT2D eigenvalue weighted by atomic mass is 10.1. The number of nitrogens with two attached hydrogens (primary N) is 1. The van der Waals surface area contributed by atoms with E-state index in [0.717, 1.165) is 18.7 Å². The molecule has 1 aromatic carbocycles. The molecule has 0 saturated heterocycles. The molecule has 0 aliphatic heterocycles. The highest BCUT2D eigenvalue weighted by atomic mass is 16.5. The van der Waals surface area contributed by atoms with Gasteiger partial charge in [-0.05, 0) is 37.7 Å². The highest BCUT2D eigenvalue weighted by Crippen LogP contribution is 2.20. The molecule has 5 heteroatoms. The zero-order valence-electron chi connectivity index (χ0n) is 11.9. The van der Waals surface area contributed by atoms with E-state index in [2.05, 4.69) is 24.0 Å². The molecule has 1 aromatic rings. The third-order valence-electron chi connectivity index (χ3n) is 2.99. The first-order chi connectivity index (χ1) is 9.12. The summed E-state index contributed by atoms with van der Waals surface area (Å²) in [6, 6.07) is 5.74. The summed E-state index contributed by atoms with van der Waals surface area (Å²) in [6.07, 6.45) is 2.36. The van der Waals surface area contributed by atoms with Gasteiger partial charge in [-0.3, -0.25) is 0 Å². The summed E-state index contributed by atoms with van der Waals surface area (Å²) in [6.45, 7) is 4.06. The molecule has 0 fully saturated rings. The predicted molar refractivity (Wildman–Crippen MR) is 76.7 cm³/mol. The largest absolute Gasteiger partial charge is 0.496 e. The van der Waals surface area contributed by atoms with Crippen molar-refractivity contribution in [2.45, 2.75) is 26.3 Å². The van der Waals surface area contributed by atoms with Crippen LogP contribution < -0.4 is 10.5 Å². The van der Waals surface area contributed by atoms with Gasteiger partial charge >= 0.3 is 0 Å². The monoisotopic (exact) mass is 265 g/mol. The lowest BCUT2D eigenvalue weighted by Crippen LogP contribution is -2.20. The molecular weight excluding hydrogens is 242 g/mol. The van der Waals surface area contributed by atoms with E-state index in [4.69, 9.17) is 15.7 Å². The van der Waals surface area contributed by atoms with Gasteiger partial charge in [0.1, 0.15) is 5.75 Å². The van der Waals surface area contributed by atoms with E-state index >= 15 is 0 Å². The molecule has 0 amide bonds. The van der Waals surface area contributed by atoms with Gasteiger partial charge in [-0.2, -0.15) is 0 Å². The number of ether oxygens (including phenoxy) is 1. The van der Waals surface area contributed by atoms with Crippen molar-refractivity contribution in [3.8, 4) is 5.75 Å². The van der Waals surface area contributed by atoms with Crippen molar-refractivity contribution in [1.29, 1.82) is 0 Å². The number of oxime groups is 1. The maximum absolute atomic E-state index is 8.79. The van der Waals surface area contributed by atoms with Crippen LogP contribution in [0.1, 0.15) is 30.9 Å². The Morgan fingerprint density at radius 1 is 1.47 bits per heavy atom. The third kappa shape index (κ3) is 4.44. The van der Waals surface area contributed by atoms with Gasteiger partial charge in [0.2, 0.25) is 0 Å². The fraction of sp³-hybridized carbons (Fsp3) is 0.500. The summed E-state index contributed by atoms with van der Waals surface area (Å²) < 4.78 is 5.21. The second-order valence-electron chi connectivity index (χ2n) is 4.61. The maximum atomic E-state index is 8.79. The normalized spacial score (nSPS) is 11.9. The lowest BCUT2D eigenvalue weighted by molar-refractivity contribution is 0.317. The number of nitrogens with zero attached hydrogens (tertiary/aromatic N) is 2. The third-order valence-corrected chi connectivity index (χ3v) is 2.99. The van der Waals surface area contributed by atoms with Gasteiger partial charge in [0.25, 0.3) is 0 Å². The van der Waals surface area contributed by atoms with Crippen molar-refractivity contribution in [1.82, 2.24) is 4.90 Å². The van der Waals surface area contributed by atoms with E-state index in [9.17, 15) is 0 Å². The number of rotatable bonds is 7. The molecule has 0 aromatic heterocycles. The molecule has 0 aliphatic carbocycles. The van der Waals surface area contributed by atoms with Gasteiger partial charge in [0.05, 0.1) is 12.7 Å². The molecule has 0 radical (unpaired) electrons. The molecule has 0 aliphatic rings. The Morgan fingerprint density at radius 2 is 2.21 bits per heavy atom. The Kier molecular flexibility index (Phi) is 6.15. The number of hydrogen-bond donors (Lipinski definition) is 2. The summed E-state index contributed by atoms with van der Waals surface area (Å²) >= 11 is 0. The minimum absolute atomic E-state index is 0.0647. The van der Waals surface area contributed by atoms with Crippen LogP contribution in [0, 0.1) is 0 Å². The molecule has 0 saturated carbocycles. The minimum atomic E-state index is 0.0647. The molecule has 0 unspecified atom stereocenters. The van der Waals surface area contributed by atoms with Crippen LogP contribution in [0.25, 0.3) is 0 Å². The maximum Gasteiger partial charge on any atom is 0.173 e. The van der Waals surface area contributed by atoms with E-state index in [1.165, 1.54) is 12.8 Å². The number of amidine groups is 1. The summed E-state index contributed by atoms with van der Waals surface area (Å²) in [5, 5.41) is 11.8. The molecule has 0 bridgehead atoms. The Labute approximate surface area is 114 Å². The SMILES string of the molecule is CCCCN(C)Cc1ccc(OC)c(C(N)=NO)c1. The Bertz CT molecular complexity index is 433. The highest BCUT2D eigenvalue weighted by molar-refractivity contribution is 5.99. The van der Waals surface area contributed by atoms with E-state index in [1.54, 1.807) is 7.11 Å². The van der Waals surface area contributed by atoms with Crippen molar-refractivity contribution >= 4 is 5.84 Å². The van der Waals surface area contributed by atoms with E-state index in [-0.39, 0.29) is 5.84 Å². The van der Waals surface area contributed by atoms with Crippen molar-refractivity contribution in [3.63, 3.8) is 0 Å². The van der Waals surface area contributed by atoms with Crippen molar-refractivity contribution in [2.75, 3.05) is 20.7 Å². The van der Waals surface area contributed by atoms with Gasteiger partial charge in [-0.25, -0.2) is 0 Å². The Hall–Kier alpha value is -1.75. The second kappa shape index (κ2) is 7.63. The van der Waals surface area contributed by atoms with E-state index < -0.39 is 0 Å². The first kappa shape index (κ1) is 15.3. The van der Waals surface area contributed by atoms with Crippen LogP contribution in [0.15, 0.2) is 23.4 Å². The average molecular weight is 265 g/mol. The molecular formula is C14H23N3O2. The van der Waals surface area contributed by atoms with Gasteiger partial charge in [-0.15, -0.1) is 0 Å². The standard InChI is InChI=1S/C14H23N3O2/c1-4-5-8-17(2)10-11-6-7-13(19-3)12(9-11)14(15)16-18/h6-7,9,18H,4-5,8,10H2,1-3H3,(H2,15,16). The fourth-order valence-corrected chi connectivity index (χ4v) is 1.93. The summed E-state index contributed by atoms with van der Waals surface area (Å²) in [4.78, 5) is 2.25. The second-order valence-corrected chi connectivity index (χ2v) is 4.61. The molecule has 3 N–H and O–H groups in total. The van der Waals surface area contributed by atoms with Crippen LogP contribution in [-0.2, 0) is 6.54 Å². The minimum Gasteiger partial charge on any atom is -0.496 e. The van der Waals surface area contributed by atoms with Gasteiger partial charge < -0.3 is 20.6 Å². The Balaban J connectivity index is 2.86. The van der Waals surface area contributed by atoms with Crippen molar-refractivity contribution in [3.05, 3.63) is 29.3 Å². The van der Waals surface area contributed by atoms with Gasteiger partial charge in [0, 0.05) is 6.54 Å². The van der Waals surface area contributed by atoms with Crippen LogP contribution >= 0.6 is 0 Å². The quantitative estimate of drug-likeness (QED) is 0.342. The van der Waals surface area contributed by atoms with Crippen LogP contribution in [-0.4, -0.2) is 36.6 Å². The lowest BCUT2D eigenvalue weighted by Gasteiger charge is -2.17. The van der Waals surface area contributed by atoms with Crippen molar-refractivity contribution < 1.29 is 9.94 Å². The van der Waals surface area contributed by atoms with Crippen LogP contribution in [0.3, 0.4) is 0 Å². The smallest absolute Gasteiger partial charge is 0.173 e. The first-order valence-electron chi connectivity index (χ1n) is 6.45. The van der Waals surface area contributed by atoms with E-state index in [0.29, 0.717) is 11.3 Å². The van der Waals surface area contributed by atoms with Crippen LogP contribution in [0.5, 0.6) is 5.75 Å². The zero-order valence-corrected chi connectivity index (χ0v) is 11.9. The number of benzene rings is 1. The van der Waals surface area contributed by atoms with E-state index in [1.807, 2.05) is 18.2 Å². The molecule has 1 rings (SSSR count). The molecule has 5 nitrogen and oxygen atoms in total. The Morgan fingerprint density at radius 3 is 2.79 bits per heavy atom. The molecule has 19 heavy (non-hydrogen) atoms. The predicted octanol–water partition coefficient (Wildman–Crippen LogP) is 2.02. The van der Waals surface area contributed by atoms with Gasteiger partial charge in [0.15, 0.2) is 5.84 Å². The summed E-state index contributed by atoms with van der Waals surface area (Å²) in [5.41, 5.74) is 7.39. The zero-order chi connectivity index (χ0) is 14.3. The first-order valence-corrected chi connectivity index (χ1v) is 6.45. The highest BCUT2D eigenvalue weighted by Gasteiger charge is 2.10. The average Bonchev–Trinajstić information content (AvgIpc) is 2.44. The van der Waals surface area contributed by atoms with Crippen LogP contribution in [0.2, 0.25) is 0 Å². The molecule has 106 valence electrons. The van der Waals surface area contributed by atoms with Crippen LogP contribution in [0.4, 0.5) is 0 Å². The topological polar surface area (TPSA) is 71.1 Å². The van der Waals surface area contributed by atoms with Gasteiger partial charge in [-0.1, -0.05) is 24.6 Å². The molecule has 0 spiro atoms. The molecule has 0 heterocycles. The fourth-order valence-electron chi connectivity index (χ4n) is 1.93. The summed E-state index contributed by atoms with van der Waals surface area (Å²) in [7, 11) is 3.65. The molecule has 0 atom stereocenters. The number of unbranched alkanes of at least 4 members (excludes halogenated alkanes) is 1. The van der Waals surface area contributed by atoms with Crippen molar-refractivity contribution in [2.24, 2.45) is 10.9 Å². The summed E-state index contributed by atoms with van der Waals surface area (Å²) in [5.74, 6) is 0.671. The number of methoxy groups -OCH3 is 1. The number of hydrogen-bond acceptors (Lipinski definition) is 4.